The van der Waals surface area contributed by atoms with E-state index in [-0.39, 0.29) is 11.1 Å². The molecule has 1 aliphatic carbocycles. The SMILES string of the molecule is Cn1c(NCCNc2c3c(nc4ccc(C(C)(F)F)cc24)CCCC3)nc(-c2ccncc2)cc1=O. The van der Waals surface area contributed by atoms with E-state index in [1.807, 2.05) is 0 Å². The number of nitrogens with one attached hydrogen (secondary N) is 2. The molecule has 0 bridgehead atoms. The minimum Gasteiger partial charge on any atom is -0.382 e. The van der Waals surface area contributed by atoms with Gasteiger partial charge in [-0.05, 0) is 55.5 Å². The van der Waals surface area contributed by atoms with Crippen LogP contribution in [0.1, 0.15) is 36.6 Å². The summed E-state index contributed by atoms with van der Waals surface area (Å²) in [6.07, 6.45) is 7.19. The predicted molar refractivity (Wildman–Crippen MR) is 138 cm³/mol. The van der Waals surface area contributed by atoms with E-state index in [2.05, 4.69) is 20.6 Å². The Morgan fingerprint density at radius 3 is 2.53 bits per heavy atom. The highest BCUT2D eigenvalue weighted by atomic mass is 19.3. The maximum Gasteiger partial charge on any atom is 0.270 e. The molecule has 0 radical (unpaired) electrons. The molecule has 7 nitrogen and oxygen atoms in total. The number of rotatable bonds is 7. The zero-order chi connectivity index (χ0) is 25.3. The van der Waals surface area contributed by atoms with Crippen LogP contribution in [0.3, 0.4) is 0 Å². The lowest BCUT2D eigenvalue weighted by molar-refractivity contribution is 0.0176. The summed E-state index contributed by atoms with van der Waals surface area (Å²) in [7, 11) is 1.67. The van der Waals surface area contributed by atoms with Crippen molar-refractivity contribution in [2.45, 2.75) is 38.5 Å². The van der Waals surface area contributed by atoms with Gasteiger partial charge in [-0.25, -0.2) is 13.8 Å². The number of fused-ring (bicyclic) bond motifs is 2. The Morgan fingerprint density at radius 2 is 1.75 bits per heavy atom. The highest BCUT2D eigenvalue weighted by molar-refractivity contribution is 5.94. The normalized spacial score (nSPS) is 13.4. The van der Waals surface area contributed by atoms with Crippen molar-refractivity contribution in [3.63, 3.8) is 0 Å². The summed E-state index contributed by atoms with van der Waals surface area (Å²) in [5.74, 6) is -2.48. The van der Waals surface area contributed by atoms with Crippen LogP contribution in [-0.4, -0.2) is 32.6 Å². The Bertz CT molecular complexity index is 1460. The monoisotopic (exact) mass is 490 g/mol. The van der Waals surface area contributed by atoms with E-state index < -0.39 is 5.92 Å². The van der Waals surface area contributed by atoms with Crippen molar-refractivity contribution in [3.05, 3.63) is 76.0 Å². The second-order valence-electron chi connectivity index (χ2n) is 9.19. The molecule has 1 aliphatic rings. The van der Waals surface area contributed by atoms with Crippen LogP contribution in [0.25, 0.3) is 22.2 Å². The van der Waals surface area contributed by atoms with Gasteiger partial charge in [0.15, 0.2) is 0 Å². The molecule has 0 atom stereocenters. The maximum atomic E-state index is 14.1. The van der Waals surface area contributed by atoms with Gasteiger partial charge in [-0.3, -0.25) is 19.3 Å². The van der Waals surface area contributed by atoms with Crippen molar-refractivity contribution < 1.29 is 8.78 Å². The van der Waals surface area contributed by atoms with Crippen LogP contribution in [0.4, 0.5) is 20.4 Å². The summed E-state index contributed by atoms with van der Waals surface area (Å²) in [5.41, 5.74) is 4.91. The molecule has 0 fully saturated rings. The molecule has 3 heterocycles. The number of pyridine rings is 2. The molecule has 186 valence electrons. The fourth-order valence-corrected chi connectivity index (χ4v) is 4.63. The van der Waals surface area contributed by atoms with Crippen molar-refractivity contribution in [1.29, 1.82) is 0 Å². The van der Waals surface area contributed by atoms with Gasteiger partial charge in [0.1, 0.15) is 0 Å². The molecule has 5 rings (SSSR count). The molecule has 0 saturated heterocycles. The molecule has 0 saturated carbocycles. The molecule has 4 aromatic rings. The number of alkyl halides is 2. The quantitative estimate of drug-likeness (QED) is 0.358. The van der Waals surface area contributed by atoms with Crippen LogP contribution in [0.2, 0.25) is 0 Å². The van der Waals surface area contributed by atoms with Crippen molar-refractivity contribution in [3.8, 4) is 11.3 Å². The van der Waals surface area contributed by atoms with Crippen molar-refractivity contribution >= 4 is 22.5 Å². The first kappa shape index (κ1) is 23.8. The van der Waals surface area contributed by atoms with Crippen molar-refractivity contribution in [2.24, 2.45) is 7.05 Å². The molecule has 3 aromatic heterocycles. The topological polar surface area (TPSA) is 84.7 Å². The summed E-state index contributed by atoms with van der Waals surface area (Å²) in [6.45, 7) is 1.89. The number of halogens is 2. The Kier molecular flexibility index (Phi) is 6.38. The van der Waals surface area contributed by atoms with Gasteiger partial charge in [0.05, 0.1) is 11.2 Å². The Hall–Kier alpha value is -3.88. The summed E-state index contributed by atoms with van der Waals surface area (Å²) in [6, 6.07) is 9.80. The predicted octanol–water partition coefficient (Wildman–Crippen LogP) is 4.91. The summed E-state index contributed by atoms with van der Waals surface area (Å²) >= 11 is 0. The number of aryl methyl sites for hydroxylation is 1. The second-order valence-corrected chi connectivity index (χ2v) is 9.19. The lowest BCUT2D eigenvalue weighted by Crippen LogP contribution is -2.24. The van der Waals surface area contributed by atoms with Crippen molar-refractivity contribution in [2.75, 3.05) is 23.7 Å². The number of hydrogen-bond acceptors (Lipinski definition) is 6. The molecular weight excluding hydrogens is 462 g/mol. The molecule has 0 unspecified atom stereocenters. The fraction of sp³-hybridized carbons (Fsp3) is 0.333. The van der Waals surface area contributed by atoms with E-state index in [9.17, 15) is 13.6 Å². The Labute approximate surface area is 207 Å². The van der Waals surface area contributed by atoms with E-state index in [1.54, 1.807) is 43.7 Å². The largest absolute Gasteiger partial charge is 0.382 e. The fourth-order valence-electron chi connectivity index (χ4n) is 4.63. The smallest absolute Gasteiger partial charge is 0.270 e. The standard InChI is InChI=1S/C27H28F2N6O/c1-27(28,29)18-7-8-22-20(15-18)25(19-5-3-4-6-21(19)33-22)31-13-14-32-26-34-23(16-24(36)35(26)2)17-9-11-30-12-10-17/h7-12,15-16H,3-6,13-14H2,1-2H3,(H,31,33)(H,32,34). The van der Waals surface area contributed by atoms with Gasteiger partial charge in [-0.2, -0.15) is 0 Å². The zero-order valence-electron chi connectivity index (χ0n) is 20.3. The first-order valence-electron chi connectivity index (χ1n) is 12.1. The van der Waals surface area contributed by atoms with Crippen molar-refractivity contribution in [1.82, 2.24) is 19.5 Å². The molecule has 2 N–H and O–H groups in total. The number of benzene rings is 1. The van der Waals surface area contributed by atoms with Gasteiger partial charge >= 0.3 is 0 Å². The number of aromatic nitrogens is 4. The molecule has 0 amide bonds. The van der Waals surface area contributed by atoms with Crippen LogP contribution >= 0.6 is 0 Å². The molecule has 9 heteroatoms. The lowest BCUT2D eigenvalue weighted by atomic mass is 9.92. The average Bonchev–Trinajstić information content (AvgIpc) is 2.87. The molecule has 36 heavy (non-hydrogen) atoms. The first-order valence-corrected chi connectivity index (χ1v) is 12.1. The third-order valence-electron chi connectivity index (χ3n) is 6.59. The number of nitrogens with zero attached hydrogens (tertiary/aromatic N) is 4. The second kappa shape index (κ2) is 9.64. The van der Waals surface area contributed by atoms with Gasteiger partial charge in [-0.1, -0.05) is 6.07 Å². The van der Waals surface area contributed by atoms with Gasteiger partial charge in [0.2, 0.25) is 5.95 Å². The van der Waals surface area contributed by atoms with E-state index in [1.165, 1.54) is 16.7 Å². The highest BCUT2D eigenvalue weighted by Crippen LogP contribution is 2.36. The molecule has 0 spiro atoms. The van der Waals surface area contributed by atoms with Crippen LogP contribution < -0.4 is 16.2 Å². The van der Waals surface area contributed by atoms with Crippen LogP contribution in [0, 0.1) is 0 Å². The van der Waals surface area contributed by atoms with E-state index in [0.29, 0.717) is 35.6 Å². The van der Waals surface area contributed by atoms with E-state index in [4.69, 9.17) is 4.98 Å². The summed E-state index contributed by atoms with van der Waals surface area (Å²) in [5, 5.41) is 7.42. The number of hydrogen-bond donors (Lipinski definition) is 2. The van der Waals surface area contributed by atoms with Crippen LogP contribution in [-0.2, 0) is 25.8 Å². The minimum atomic E-state index is -2.93. The van der Waals surface area contributed by atoms with Gasteiger partial charge in [0.25, 0.3) is 11.5 Å². The Morgan fingerprint density at radius 1 is 1.00 bits per heavy atom. The van der Waals surface area contributed by atoms with Gasteiger partial charge in [0, 0.05) is 73.4 Å². The molecule has 1 aromatic carbocycles. The molecular formula is C27H28F2N6O. The Balaban J connectivity index is 1.40. The van der Waals surface area contributed by atoms with Crippen LogP contribution in [0.15, 0.2) is 53.6 Å². The first-order chi connectivity index (χ1) is 17.3. The van der Waals surface area contributed by atoms with E-state index >= 15 is 0 Å². The van der Waals surface area contributed by atoms with E-state index in [0.717, 1.165) is 55.1 Å². The highest BCUT2D eigenvalue weighted by Gasteiger charge is 2.26. The third-order valence-corrected chi connectivity index (χ3v) is 6.59. The third kappa shape index (κ3) is 4.78. The number of anilines is 2. The van der Waals surface area contributed by atoms with Gasteiger partial charge in [-0.15, -0.1) is 0 Å². The summed E-state index contributed by atoms with van der Waals surface area (Å²) < 4.78 is 29.6. The van der Waals surface area contributed by atoms with Crippen LogP contribution in [0.5, 0.6) is 0 Å². The zero-order valence-corrected chi connectivity index (χ0v) is 20.3. The average molecular weight is 491 g/mol. The van der Waals surface area contributed by atoms with Gasteiger partial charge < -0.3 is 10.6 Å². The lowest BCUT2D eigenvalue weighted by Gasteiger charge is -2.23. The minimum absolute atomic E-state index is 0.0270. The molecule has 0 aliphatic heterocycles. The maximum absolute atomic E-state index is 14.1. The summed E-state index contributed by atoms with van der Waals surface area (Å²) in [4.78, 5) is 25.9.